The van der Waals surface area contributed by atoms with Crippen molar-refractivity contribution in [1.82, 2.24) is 14.5 Å². The van der Waals surface area contributed by atoms with E-state index in [2.05, 4.69) is 13.8 Å². The molecule has 6 heteroatoms. The van der Waals surface area contributed by atoms with Crippen LogP contribution in [0.1, 0.15) is 51.0 Å². The van der Waals surface area contributed by atoms with E-state index in [1.54, 1.807) is 15.5 Å². The molecule has 3 rings (SSSR count). The summed E-state index contributed by atoms with van der Waals surface area (Å²) < 4.78 is 1.65. The van der Waals surface area contributed by atoms with Gasteiger partial charge in [0.15, 0.2) is 0 Å². The van der Waals surface area contributed by atoms with Gasteiger partial charge in [0.2, 0.25) is 5.91 Å². The van der Waals surface area contributed by atoms with E-state index in [0.717, 1.165) is 17.7 Å². The number of rotatable bonds is 8. The second-order valence-electron chi connectivity index (χ2n) is 8.29. The lowest BCUT2D eigenvalue weighted by molar-refractivity contribution is -0.131. The number of nitrogens with zero attached hydrogens (tertiary/aromatic N) is 3. The Morgan fingerprint density at radius 2 is 1.81 bits per heavy atom. The summed E-state index contributed by atoms with van der Waals surface area (Å²) in [6.45, 7) is 8.84. The average molecular weight is 440 g/mol. The van der Waals surface area contributed by atoms with Crippen molar-refractivity contribution in [3.63, 3.8) is 0 Å². The summed E-state index contributed by atoms with van der Waals surface area (Å²) in [7, 11) is 0. The first-order valence-corrected chi connectivity index (χ1v) is 11.3. The molecule has 0 aliphatic rings. The third-order valence-corrected chi connectivity index (χ3v) is 5.77. The largest absolute Gasteiger partial charge is 0.331 e. The summed E-state index contributed by atoms with van der Waals surface area (Å²) in [4.78, 5) is 33.1. The molecule has 0 saturated heterocycles. The maximum atomic E-state index is 13.6. The fourth-order valence-corrected chi connectivity index (χ4v) is 3.94. The zero-order valence-corrected chi connectivity index (χ0v) is 19.4. The fraction of sp³-hybridized carbons (Fsp3) is 0.400. The Kier molecular flexibility index (Phi) is 7.50. The molecule has 0 spiro atoms. The molecule has 0 aliphatic carbocycles. The summed E-state index contributed by atoms with van der Waals surface area (Å²) in [6.07, 6.45) is 1.47. The van der Waals surface area contributed by atoms with Crippen molar-refractivity contribution in [1.29, 1.82) is 0 Å². The molecule has 1 aromatic heterocycles. The number of alkyl halides is 1. The Morgan fingerprint density at radius 1 is 1.13 bits per heavy atom. The van der Waals surface area contributed by atoms with Crippen LogP contribution in [0.5, 0.6) is 0 Å². The van der Waals surface area contributed by atoms with E-state index >= 15 is 0 Å². The Bertz CT molecular complexity index is 1110. The van der Waals surface area contributed by atoms with E-state index in [0.29, 0.717) is 35.6 Å². The first-order valence-electron chi connectivity index (χ1n) is 10.8. The lowest BCUT2D eigenvalue weighted by Crippen LogP contribution is -2.40. The van der Waals surface area contributed by atoms with Crippen LogP contribution in [0.25, 0.3) is 16.6 Å². The number of fused-ring (bicyclic) bond motifs is 1. The van der Waals surface area contributed by atoms with Gasteiger partial charge < -0.3 is 4.90 Å². The second kappa shape index (κ2) is 10.1. The minimum atomic E-state index is -0.358. The topological polar surface area (TPSA) is 55.2 Å². The normalized spacial score (nSPS) is 12.3. The van der Waals surface area contributed by atoms with Crippen LogP contribution in [0.3, 0.4) is 0 Å². The summed E-state index contributed by atoms with van der Waals surface area (Å²) in [6, 6.07) is 14.8. The first kappa shape index (κ1) is 23.0. The molecule has 0 saturated carbocycles. The molecule has 0 aliphatic heterocycles. The highest BCUT2D eigenvalue weighted by Crippen LogP contribution is 2.27. The summed E-state index contributed by atoms with van der Waals surface area (Å²) in [5.74, 6) is 0.757. The van der Waals surface area contributed by atoms with Gasteiger partial charge in [-0.25, -0.2) is 4.98 Å². The maximum absolute atomic E-state index is 13.6. The SMILES string of the molecule is CCC(c1nc2ccccc2c(=O)n1-c1ccc(C)cc1)N(CCC(C)C)C(=O)CCl. The van der Waals surface area contributed by atoms with Gasteiger partial charge in [-0.3, -0.25) is 14.2 Å². The van der Waals surface area contributed by atoms with Gasteiger partial charge in [-0.1, -0.05) is 50.6 Å². The lowest BCUT2D eigenvalue weighted by atomic mass is 10.1. The highest BCUT2D eigenvalue weighted by Gasteiger charge is 2.28. The Balaban J connectivity index is 2.26. The van der Waals surface area contributed by atoms with E-state index in [1.165, 1.54) is 0 Å². The van der Waals surface area contributed by atoms with Crippen LogP contribution < -0.4 is 5.56 Å². The van der Waals surface area contributed by atoms with Crippen LogP contribution in [0.4, 0.5) is 0 Å². The van der Waals surface area contributed by atoms with Crippen molar-refractivity contribution in [2.24, 2.45) is 5.92 Å². The Hall–Kier alpha value is -2.66. The van der Waals surface area contributed by atoms with Crippen molar-refractivity contribution in [2.75, 3.05) is 12.4 Å². The van der Waals surface area contributed by atoms with Crippen molar-refractivity contribution >= 4 is 28.4 Å². The number of benzene rings is 2. The van der Waals surface area contributed by atoms with E-state index in [1.807, 2.05) is 56.3 Å². The number of carbonyl (C=O) groups excluding carboxylic acids is 1. The van der Waals surface area contributed by atoms with Crippen molar-refractivity contribution in [2.45, 2.75) is 46.6 Å². The molecule has 31 heavy (non-hydrogen) atoms. The Labute approximate surface area is 188 Å². The van der Waals surface area contributed by atoms with Crippen LogP contribution in [-0.4, -0.2) is 32.8 Å². The van der Waals surface area contributed by atoms with Crippen LogP contribution >= 0.6 is 11.6 Å². The van der Waals surface area contributed by atoms with Gasteiger partial charge in [-0.15, -0.1) is 11.6 Å². The quantitative estimate of drug-likeness (QED) is 0.450. The molecule has 1 atom stereocenters. The van der Waals surface area contributed by atoms with Crippen molar-refractivity contribution < 1.29 is 4.79 Å². The number of halogens is 1. The molecule has 1 unspecified atom stereocenters. The van der Waals surface area contributed by atoms with Crippen LogP contribution in [-0.2, 0) is 4.79 Å². The number of hydrogen-bond acceptors (Lipinski definition) is 3. The van der Waals surface area contributed by atoms with E-state index in [9.17, 15) is 9.59 Å². The zero-order chi connectivity index (χ0) is 22.5. The monoisotopic (exact) mass is 439 g/mol. The molecule has 3 aromatic rings. The smallest absolute Gasteiger partial charge is 0.266 e. The van der Waals surface area contributed by atoms with Gasteiger partial charge in [0.25, 0.3) is 5.56 Å². The molecular weight excluding hydrogens is 410 g/mol. The predicted molar refractivity (Wildman–Crippen MR) is 127 cm³/mol. The first-order chi connectivity index (χ1) is 14.9. The van der Waals surface area contributed by atoms with Crippen molar-refractivity contribution in [3.8, 4) is 5.69 Å². The average Bonchev–Trinajstić information content (AvgIpc) is 2.77. The fourth-order valence-electron chi connectivity index (χ4n) is 3.79. The van der Waals surface area contributed by atoms with Crippen LogP contribution in [0, 0.1) is 12.8 Å². The predicted octanol–water partition coefficient (Wildman–Crippen LogP) is 5.26. The third-order valence-electron chi connectivity index (χ3n) is 5.54. The van der Waals surface area contributed by atoms with Gasteiger partial charge in [0.1, 0.15) is 11.7 Å². The molecule has 0 radical (unpaired) electrons. The lowest BCUT2D eigenvalue weighted by Gasteiger charge is -2.32. The maximum Gasteiger partial charge on any atom is 0.266 e. The number of para-hydroxylation sites is 1. The molecule has 1 amide bonds. The number of aromatic nitrogens is 2. The van der Waals surface area contributed by atoms with E-state index < -0.39 is 0 Å². The van der Waals surface area contributed by atoms with Gasteiger partial charge in [0, 0.05) is 6.54 Å². The van der Waals surface area contributed by atoms with Crippen LogP contribution in [0.2, 0.25) is 0 Å². The molecule has 164 valence electrons. The molecule has 0 fully saturated rings. The zero-order valence-electron chi connectivity index (χ0n) is 18.6. The summed E-state index contributed by atoms with van der Waals surface area (Å²) >= 11 is 5.97. The molecular formula is C25H30ClN3O2. The van der Waals surface area contributed by atoms with Gasteiger partial charge in [-0.2, -0.15) is 0 Å². The van der Waals surface area contributed by atoms with Gasteiger partial charge >= 0.3 is 0 Å². The minimum Gasteiger partial charge on any atom is -0.331 e. The molecule has 1 heterocycles. The van der Waals surface area contributed by atoms with E-state index in [4.69, 9.17) is 16.6 Å². The number of amides is 1. The van der Waals surface area contributed by atoms with E-state index in [-0.39, 0.29) is 23.4 Å². The molecule has 0 N–H and O–H groups in total. The van der Waals surface area contributed by atoms with Gasteiger partial charge in [0.05, 0.1) is 22.6 Å². The van der Waals surface area contributed by atoms with Gasteiger partial charge in [-0.05, 0) is 49.9 Å². The third kappa shape index (κ3) is 4.99. The minimum absolute atomic E-state index is 0.100. The standard InChI is InChI=1S/C25H30ClN3O2/c1-5-22(28(23(30)16-26)15-14-17(2)3)24-27-21-9-7-6-8-20(21)25(31)29(24)19-12-10-18(4)11-13-19/h6-13,17,22H,5,14-16H2,1-4H3. The molecule has 0 bridgehead atoms. The number of aryl methyl sites for hydroxylation is 1. The molecule has 5 nitrogen and oxygen atoms in total. The summed E-state index contributed by atoms with van der Waals surface area (Å²) in [5, 5.41) is 0.555. The highest BCUT2D eigenvalue weighted by atomic mass is 35.5. The molecule has 2 aromatic carbocycles. The second-order valence-corrected chi connectivity index (χ2v) is 8.56. The Morgan fingerprint density at radius 3 is 2.42 bits per heavy atom. The van der Waals surface area contributed by atoms with Crippen LogP contribution in [0.15, 0.2) is 53.3 Å². The highest BCUT2D eigenvalue weighted by molar-refractivity contribution is 6.27. The number of hydrogen-bond donors (Lipinski definition) is 0. The van der Waals surface area contributed by atoms with Crippen molar-refractivity contribution in [3.05, 3.63) is 70.3 Å². The number of carbonyl (C=O) groups is 1. The summed E-state index contributed by atoms with van der Waals surface area (Å²) in [5.41, 5.74) is 2.34.